The molecular formula is C31H36N4O4S. The molecule has 0 unspecified atom stereocenters. The van der Waals surface area contributed by atoms with Gasteiger partial charge in [-0.15, -0.1) is 0 Å². The maximum absolute atomic E-state index is 13.5. The topological polar surface area (TPSA) is 105 Å². The van der Waals surface area contributed by atoms with Gasteiger partial charge in [-0.25, -0.2) is 8.42 Å². The first kappa shape index (κ1) is 28.9. The van der Waals surface area contributed by atoms with Crippen LogP contribution in [0.3, 0.4) is 0 Å². The molecule has 8 nitrogen and oxygen atoms in total. The molecule has 0 radical (unpaired) electrons. The van der Waals surface area contributed by atoms with Gasteiger partial charge in [-0.2, -0.15) is 0 Å². The highest BCUT2D eigenvalue weighted by molar-refractivity contribution is 7.92. The Kier molecular flexibility index (Phi) is 8.66. The van der Waals surface area contributed by atoms with Crippen LogP contribution in [-0.4, -0.2) is 57.4 Å². The fourth-order valence-electron chi connectivity index (χ4n) is 4.92. The third kappa shape index (κ3) is 6.05. The van der Waals surface area contributed by atoms with Gasteiger partial charge in [0.1, 0.15) is 10.6 Å². The maximum atomic E-state index is 13.5. The van der Waals surface area contributed by atoms with E-state index in [-0.39, 0.29) is 33.5 Å². The molecular weight excluding hydrogens is 524 g/mol. The fraction of sp³-hybridized carbons (Fsp3) is 0.258. The van der Waals surface area contributed by atoms with Gasteiger partial charge < -0.3 is 15.4 Å². The molecule has 4 rings (SSSR count). The smallest absolute Gasteiger partial charge is 0.263 e. The lowest BCUT2D eigenvalue weighted by Crippen LogP contribution is -2.54. The molecule has 1 saturated heterocycles. The van der Waals surface area contributed by atoms with Crippen molar-refractivity contribution >= 4 is 33.4 Å². The summed E-state index contributed by atoms with van der Waals surface area (Å²) in [6.07, 6.45) is 4.95. The molecule has 0 aromatic heterocycles. The average molecular weight is 561 g/mol. The normalized spacial score (nSPS) is 14.7. The lowest BCUT2D eigenvalue weighted by Gasteiger charge is -2.44. The van der Waals surface area contributed by atoms with Crippen LogP contribution in [0.25, 0.3) is 6.08 Å². The highest BCUT2D eigenvalue weighted by Gasteiger charge is 2.33. The summed E-state index contributed by atoms with van der Waals surface area (Å²) in [7, 11) is -2.55. The van der Waals surface area contributed by atoms with E-state index >= 15 is 0 Å². The summed E-state index contributed by atoms with van der Waals surface area (Å²) < 4.78 is 34.4. The molecule has 3 aromatic carbocycles. The number of ether oxygens (including phenoxy) is 1. The number of amides is 1. The summed E-state index contributed by atoms with van der Waals surface area (Å²) >= 11 is 0. The first-order valence-electron chi connectivity index (χ1n) is 13.1. The van der Waals surface area contributed by atoms with E-state index in [0.29, 0.717) is 24.2 Å². The van der Waals surface area contributed by atoms with Crippen LogP contribution < -0.4 is 15.2 Å². The zero-order valence-electron chi connectivity index (χ0n) is 23.1. The van der Waals surface area contributed by atoms with E-state index in [2.05, 4.69) is 42.2 Å². The molecule has 3 aromatic rings. The molecule has 210 valence electrons. The number of allylic oxidation sites excluding steroid dienone is 2. The van der Waals surface area contributed by atoms with E-state index in [9.17, 15) is 13.2 Å². The number of para-hydroxylation sites is 1. The monoisotopic (exact) mass is 560 g/mol. The van der Waals surface area contributed by atoms with E-state index in [1.165, 1.54) is 24.8 Å². The molecule has 40 heavy (non-hydrogen) atoms. The van der Waals surface area contributed by atoms with E-state index in [0.717, 1.165) is 13.1 Å². The zero-order valence-corrected chi connectivity index (χ0v) is 23.9. The molecule has 0 aliphatic carbocycles. The van der Waals surface area contributed by atoms with Crippen molar-refractivity contribution in [3.8, 4) is 5.75 Å². The number of nitrogen functional groups attached to an aromatic ring is 1. The minimum Gasteiger partial charge on any atom is -0.496 e. The molecule has 1 amide bonds. The molecule has 1 fully saturated rings. The van der Waals surface area contributed by atoms with Gasteiger partial charge in [0.25, 0.3) is 15.9 Å². The van der Waals surface area contributed by atoms with Gasteiger partial charge in [0.15, 0.2) is 0 Å². The molecule has 9 heteroatoms. The number of rotatable bonds is 9. The van der Waals surface area contributed by atoms with Gasteiger partial charge in [-0.1, -0.05) is 67.3 Å². The molecule has 0 saturated carbocycles. The average Bonchev–Trinajstić information content (AvgIpc) is 2.96. The van der Waals surface area contributed by atoms with Crippen molar-refractivity contribution in [1.82, 2.24) is 9.80 Å². The predicted octanol–water partition coefficient (Wildman–Crippen LogP) is 4.97. The Morgan fingerprint density at radius 3 is 2.38 bits per heavy atom. The SMILES string of the molecule is C=C/C=C\c1cccc(S(=O)(=O)Nc2ccc(C(=O)N3CCN(C(C)(C)c4ccccc4)CC3)c(OC)c2)c1N. The van der Waals surface area contributed by atoms with E-state index in [1.807, 2.05) is 23.1 Å². The van der Waals surface area contributed by atoms with Crippen molar-refractivity contribution < 1.29 is 17.9 Å². The number of nitrogens with two attached hydrogens (primary N) is 1. The molecule has 3 N–H and O–H groups in total. The second-order valence-corrected chi connectivity index (χ2v) is 11.7. The van der Waals surface area contributed by atoms with Crippen molar-refractivity contribution in [3.63, 3.8) is 0 Å². The first-order chi connectivity index (χ1) is 19.1. The van der Waals surface area contributed by atoms with Crippen LogP contribution in [0.4, 0.5) is 11.4 Å². The third-order valence-corrected chi connectivity index (χ3v) is 8.76. The summed E-state index contributed by atoms with van der Waals surface area (Å²) in [6.45, 7) is 10.6. The Morgan fingerprint density at radius 1 is 1.02 bits per heavy atom. The third-order valence-electron chi connectivity index (χ3n) is 7.32. The summed E-state index contributed by atoms with van der Waals surface area (Å²) in [5.41, 5.74) is 8.55. The minimum atomic E-state index is -4.00. The number of sulfonamides is 1. The fourth-order valence-corrected chi connectivity index (χ4v) is 6.13. The number of methoxy groups -OCH3 is 1. The number of benzene rings is 3. The molecule has 1 aliphatic heterocycles. The van der Waals surface area contributed by atoms with Crippen LogP contribution in [0, 0.1) is 0 Å². The summed E-state index contributed by atoms with van der Waals surface area (Å²) in [5, 5.41) is 0. The van der Waals surface area contributed by atoms with Crippen molar-refractivity contribution in [2.45, 2.75) is 24.3 Å². The number of nitrogens with zero attached hydrogens (tertiary/aromatic N) is 2. The second kappa shape index (κ2) is 12.0. The highest BCUT2D eigenvalue weighted by atomic mass is 32.2. The first-order valence-corrected chi connectivity index (χ1v) is 14.5. The minimum absolute atomic E-state index is 0.0471. The largest absolute Gasteiger partial charge is 0.496 e. The number of hydrogen-bond acceptors (Lipinski definition) is 6. The van der Waals surface area contributed by atoms with Crippen LogP contribution in [0.5, 0.6) is 5.75 Å². The summed E-state index contributed by atoms with van der Waals surface area (Å²) in [4.78, 5) is 17.6. The quantitative estimate of drug-likeness (QED) is 0.283. The number of hydrogen-bond donors (Lipinski definition) is 2. The molecule has 1 heterocycles. The Morgan fingerprint density at radius 2 is 1.73 bits per heavy atom. The highest BCUT2D eigenvalue weighted by Crippen LogP contribution is 2.31. The Balaban J connectivity index is 1.48. The number of nitrogens with one attached hydrogen (secondary N) is 1. The van der Waals surface area contributed by atoms with Crippen LogP contribution in [0.2, 0.25) is 0 Å². The molecule has 0 spiro atoms. The predicted molar refractivity (Wildman–Crippen MR) is 161 cm³/mol. The summed E-state index contributed by atoms with van der Waals surface area (Å²) in [6, 6.07) is 19.8. The number of carbonyl (C=O) groups excluding carboxylic acids is 1. The standard InChI is InChI=1S/C31H36N4O4S/c1-5-6-11-23-12-10-15-28(29(23)32)40(37,38)33-25-16-17-26(27(22-25)39-4)30(36)34-18-20-35(21-19-34)31(2,3)24-13-8-7-9-14-24/h5-17,22,33H,1,18-21,32H2,2-4H3/b11-6-. The Hall–Kier alpha value is -4.08. The van der Waals surface area contributed by atoms with Crippen molar-refractivity contribution in [3.05, 3.63) is 102 Å². The lowest BCUT2D eigenvalue weighted by atomic mass is 9.91. The molecule has 0 bridgehead atoms. The van der Waals surface area contributed by atoms with Crippen LogP contribution >= 0.6 is 0 Å². The van der Waals surface area contributed by atoms with Gasteiger partial charge in [-0.3, -0.25) is 14.4 Å². The van der Waals surface area contributed by atoms with E-state index in [4.69, 9.17) is 10.5 Å². The van der Waals surface area contributed by atoms with Gasteiger partial charge in [-0.05, 0) is 43.2 Å². The molecule has 0 atom stereocenters. The Labute approximate surface area is 236 Å². The van der Waals surface area contributed by atoms with Crippen molar-refractivity contribution in [2.75, 3.05) is 43.7 Å². The van der Waals surface area contributed by atoms with Gasteiger partial charge >= 0.3 is 0 Å². The van der Waals surface area contributed by atoms with Gasteiger partial charge in [0.05, 0.1) is 24.0 Å². The van der Waals surface area contributed by atoms with E-state index < -0.39 is 10.0 Å². The molecule has 1 aliphatic rings. The lowest BCUT2D eigenvalue weighted by molar-refractivity contribution is 0.0390. The van der Waals surface area contributed by atoms with Crippen molar-refractivity contribution in [2.24, 2.45) is 0 Å². The zero-order chi connectivity index (χ0) is 28.9. The number of carbonyl (C=O) groups is 1. The number of piperazine rings is 1. The maximum Gasteiger partial charge on any atom is 0.263 e. The summed E-state index contributed by atoms with van der Waals surface area (Å²) in [5.74, 6) is 0.127. The van der Waals surface area contributed by atoms with Crippen LogP contribution in [0.15, 0.2) is 90.4 Å². The van der Waals surface area contributed by atoms with Gasteiger partial charge in [0, 0.05) is 37.8 Å². The van der Waals surface area contributed by atoms with Crippen LogP contribution in [-0.2, 0) is 15.6 Å². The van der Waals surface area contributed by atoms with Crippen LogP contribution in [0.1, 0.15) is 35.3 Å². The van der Waals surface area contributed by atoms with Gasteiger partial charge in [0.2, 0.25) is 0 Å². The number of anilines is 2. The Bertz CT molecular complexity index is 1510. The van der Waals surface area contributed by atoms with E-state index in [1.54, 1.807) is 42.5 Å². The van der Waals surface area contributed by atoms with Crippen molar-refractivity contribution in [1.29, 1.82) is 0 Å². The second-order valence-electron chi connectivity index (χ2n) is 10.1.